The van der Waals surface area contributed by atoms with Crippen molar-refractivity contribution in [1.29, 1.82) is 0 Å². The molecule has 3 nitrogen and oxygen atoms in total. The Balaban J connectivity index is 2.14. The third-order valence-electron chi connectivity index (χ3n) is 3.64. The van der Waals surface area contributed by atoms with Crippen molar-refractivity contribution in [2.24, 2.45) is 11.7 Å². The second-order valence-corrected chi connectivity index (χ2v) is 4.76. The van der Waals surface area contributed by atoms with Crippen LogP contribution in [-0.4, -0.2) is 29.6 Å². The molecule has 1 aliphatic rings. The van der Waals surface area contributed by atoms with Crippen LogP contribution in [-0.2, 0) is 0 Å². The Labute approximate surface area is 101 Å². The summed E-state index contributed by atoms with van der Waals surface area (Å²) in [5.74, 6) is 0.377. The van der Waals surface area contributed by atoms with Crippen LogP contribution in [0, 0.1) is 11.7 Å². The number of aromatic hydroxyl groups is 1. The molecule has 0 radical (unpaired) electrons. The highest BCUT2D eigenvalue weighted by Crippen LogP contribution is 2.32. The van der Waals surface area contributed by atoms with E-state index in [0.717, 1.165) is 19.5 Å². The Morgan fingerprint density at radius 2 is 2.35 bits per heavy atom. The fourth-order valence-corrected chi connectivity index (χ4v) is 2.46. The molecule has 1 saturated heterocycles. The zero-order valence-electron chi connectivity index (χ0n) is 10.1. The smallest absolute Gasteiger partial charge is 0.123 e. The lowest BCUT2D eigenvalue weighted by atomic mass is 10.1. The summed E-state index contributed by atoms with van der Waals surface area (Å²) in [5.41, 5.74) is 6.31. The number of phenolic OH excluding ortho intramolecular Hbond substituents is 1. The summed E-state index contributed by atoms with van der Waals surface area (Å²) in [5, 5.41) is 9.77. The molecule has 1 aromatic rings. The SMILES string of the molecule is CC(c1cc(F)ccc1O)N1CCC(CN)C1. The summed E-state index contributed by atoms with van der Waals surface area (Å²) in [4.78, 5) is 2.24. The Morgan fingerprint density at radius 3 is 3.00 bits per heavy atom. The molecule has 1 fully saturated rings. The molecule has 1 aliphatic heterocycles. The number of halogens is 1. The van der Waals surface area contributed by atoms with E-state index in [1.54, 1.807) is 0 Å². The summed E-state index contributed by atoms with van der Waals surface area (Å²) in [6, 6.07) is 4.13. The van der Waals surface area contributed by atoms with Gasteiger partial charge in [0.15, 0.2) is 0 Å². The summed E-state index contributed by atoms with van der Waals surface area (Å²) < 4.78 is 13.2. The molecule has 1 heterocycles. The van der Waals surface area contributed by atoms with E-state index >= 15 is 0 Å². The number of phenols is 1. The maximum atomic E-state index is 13.2. The number of nitrogens with two attached hydrogens (primary N) is 1. The number of nitrogens with zero attached hydrogens (tertiary/aromatic N) is 1. The summed E-state index contributed by atoms with van der Waals surface area (Å²) in [6.45, 7) is 4.57. The number of rotatable bonds is 3. The lowest BCUT2D eigenvalue weighted by molar-refractivity contribution is 0.248. The van der Waals surface area contributed by atoms with E-state index < -0.39 is 0 Å². The van der Waals surface area contributed by atoms with Crippen molar-refractivity contribution in [2.45, 2.75) is 19.4 Å². The van der Waals surface area contributed by atoms with E-state index in [2.05, 4.69) is 4.90 Å². The highest BCUT2D eigenvalue weighted by atomic mass is 19.1. The van der Waals surface area contributed by atoms with Crippen LogP contribution in [0.3, 0.4) is 0 Å². The summed E-state index contributed by atoms with van der Waals surface area (Å²) in [7, 11) is 0. The fourth-order valence-electron chi connectivity index (χ4n) is 2.46. The first-order valence-corrected chi connectivity index (χ1v) is 6.04. The van der Waals surface area contributed by atoms with Crippen LogP contribution >= 0.6 is 0 Å². The topological polar surface area (TPSA) is 49.5 Å². The molecule has 0 aromatic heterocycles. The fraction of sp³-hybridized carbons (Fsp3) is 0.538. The molecule has 17 heavy (non-hydrogen) atoms. The quantitative estimate of drug-likeness (QED) is 0.845. The Hall–Kier alpha value is -1.13. The van der Waals surface area contributed by atoms with E-state index in [0.29, 0.717) is 18.0 Å². The third kappa shape index (κ3) is 2.58. The molecular weight excluding hydrogens is 219 g/mol. The van der Waals surface area contributed by atoms with Crippen LogP contribution < -0.4 is 5.73 Å². The molecule has 3 N–H and O–H groups in total. The van der Waals surface area contributed by atoms with Gasteiger partial charge in [0, 0.05) is 18.2 Å². The van der Waals surface area contributed by atoms with Crippen LogP contribution in [0.25, 0.3) is 0 Å². The van der Waals surface area contributed by atoms with Crippen LogP contribution in [0.2, 0.25) is 0 Å². The second kappa shape index (κ2) is 5.02. The maximum absolute atomic E-state index is 13.2. The molecule has 0 bridgehead atoms. The van der Waals surface area contributed by atoms with Crippen molar-refractivity contribution in [2.75, 3.05) is 19.6 Å². The molecule has 0 saturated carbocycles. The first-order valence-electron chi connectivity index (χ1n) is 6.04. The van der Waals surface area contributed by atoms with Crippen molar-refractivity contribution >= 4 is 0 Å². The molecule has 2 rings (SSSR count). The van der Waals surface area contributed by atoms with Crippen molar-refractivity contribution in [3.05, 3.63) is 29.6 Å². The number of likely N-dealkylation sites (tertiary alicyclic amines) is 1. The highest BCUT2D eigenvalue weighted by Gasteiger charge is 2.27. The average Bonchev–Trinajstić information content (AvgIpc) is 2.80. The molecule has 1 aromatic carbocycles. The van der Waals surface area contributed by atoms with E-state index in [1.807, 2.05) is 6.92 Å². The molecule has 0 spiro atoms. The largest absolute Gasteiger partial charge is 0.508 e. The third-order valence-corrected chi connectivity index (χ3v) is 3.64. The van der Waals surface area contributed by atoms with Crippen molar-refractivity contribution in [1.82, 2.24) is 4.90 Å². The normalized spacial score (nSPS) is 22.9. The van der Waals surface area contributed by atoms with Crippen molar-refractivity contribution in [3.8, 4) is 5.75 Å². The number of hydrogen-bond donors (Lipinski definition) is 2. The van der Waals surface area contributed by atoms with Gasteiger partial charge in [-0.25, -0.2) is 4.39 Å². The van der Waals surface area contributed by atoms with Crippen molar-refractivity contribution in [3.63, 3.8) is 0 Å². The molecule has 2 unspecified atom stereocenters. The molecular formula is C13H19FN2O. The van der Waals surface area contributed by atoms with Gasteiger partial charge in [0.1, 0.15) is 11.6 Å². The van der Waals surface area contributed by atoms with Crippen LogP contribution in [0.5, 0.6) is 5.75 Å². The second-order valence-electron chi connectivity index (χ2n) is 4.76. The standard InChI is InChI=1S/C13H19FN2O/c1-9(16-5-4-10(7-15)8-16)12-6-11(14)2-3-13(12)17/h2-3,6,9-10,17H,4-5,7-8,15H2,1H3. The molecule has 4 heteroatoms. The van der Waals surface area contributed by atoms with E-state index in [-0.39, 0.29) is 17.6 Å². The lowest BCUT2D eigenvalue weighted by Gasteiger charge is -2.25. The van der Waals surface area contributed by atoms with Gasteiger partial charge in [-0.1, -0.05) is 0 Å². The minimum absolute atomic E-state index is 0.0299. The molecule has 94 valence electrons. The van der Waals surface area contributed by atoms with Gasteiger partial charge in [0.05, 0.1) is 0 Å². The zero-order valence-corrected chi connectivity index (χ0v) is 10.1. The van der Waals surface area contributed by atoms with Gasteiger partial charge in [-0.15, -0.1) is 0 Å². The first-order chi connectivity index (χ1) is 8.11. The maximum Gasteiger partial charge on any atom is 0.123 e. The predicted octanol–water partition coefficient (Wildman–Crippen LogP) is 1.87. The van der Waals surface area contributed by atoms with E-state index in [1.165, 1.54) is 18.2 Å². The first kappa shape index (κ1) is 12.3. The summed E-state index contributed by atoms with van der Waals surface area (Å²) >= 11 is 0. The van der Waals surface area contributed by atoms with E-state index in [9.17, 15) is 9.50 Å². The van der Waals surface area contributed by atoms with Gasteiger partial charge in [-0.3, -0.25) is 4.90 Å². The van der Waals surface area contributed by atoms with Gasteiger partial charge >= 0.3 is 0 Å². The van der Waals surface area contributed by atoms with Gasteiger partial charge in [-0.2, -0.15) is 0 Å². The van der Waals surface area contributed by atoms with Crippen LogP contribution in [0.4, 0.5) is 4.39 Å². The average molecular weight is 238 g/mol. The van der Waals surface area contributed by atoms with Crippen molar-refractivity contribution < 1.29 is 9.50 Å². The minimum Gasteiger partial charge on any atom is -0.508 e. The van der Waals surface area contributed by atoms with Gasteiger partial charge in [0.2, 0.25) is 0 Å². The van der Waals surface area contributed by atoms with Gasteiger partial charge in [0.25, 0.3) is 0 Å². The zero-order chi connectivity index (χ0) is 12.4. The van der Waals surface area contributed by atoms with Gasteiger partial charge in [-0.05, 0) is 50.6 Å². The molecule has 2 atom stereocenters. The predicted molar refractivity (Wildman–Crippen MR) is 65.2 cm³/mol. The Kier molecular flexibility index (Phi) is 3.64. The van der Waals surface area contributed by atoms with Crippen LogP contribution in [0.1, 0.15) is 24.9 Å². The Morgan fingerprint density at radius 1 is 1.59 bits per heavy atom. The number of benzene rings is 1. The van der Waals surface area contributed by atoms with E-state index in [4.69, 9.17) is 5.73 Å². The van der Waals surface area contributed by atoms with Crippen LogP contribution in [0.15, 0.2) is 18.2 Å². The monoisotopic (exact) mass is 238 g/mol. The highest BCUT2D eigenvalue weighted by molar-refractivity contribution is 5.35. The van der Waals surface area contributed by atoms with Gasteiger partial charge < -0.3 is 10.8 Å². The Bertz CT molecular complexity index is 397. The lowest BCUT2D eigenvalue weighted by Crippen LogP contribution is -2.26. The minimum atomic E-state index is -0.306. The summed E-state index contributed by atoms with van der Waals surface area (Å²) in [6.07, 6.45) is 1.08. The number of hydrogen-bond acceptors (Lipinski definition) is 3. The molecule has 0 aliphatic carbocycles. The molecule has 0 amide bonds.